The molecule has 22 nitrogen and oxygen atoms in total. The van der Waals surface area contributed by atoms with Crippen LogP contribution in [0.2, 0.25) is 0 Å². The number of ether oxygens (including phenoxy) is 4. The molecule has 2 atom stereocenters. The van der Waals surface area contributed by atoms with Crippen LogP contribution in [0, 0.1) is 12.8 Å². The van der Waals surface area contributed by atoms with Crippen LogP contribution in [0.5, 0.6) is 0 Å². The lowest BCUT2D eigenvalue weighted by atomic mass is 9.81. The zero-order valence-electron chi connectivity index (χ0n) is 50.2. The van der Waals surface area contributed by atoms with E-state index in [2.05, 4.69) is 77.4 Å². The van der Waals surface area contributed by atoms with Crippen LogP contribution in [0.25, 0.3) is 0 Å². The number of unbranched alkanes of at least 4 members (excludes halogenated alkanes) is 2. The third kappa shape index (κ3) is 20.9. The van der Waals surface area contributed by atoms with Crippen molar-refractivity contribution in [1.29, 1.82) is 0 Å². The van der Waals surface area contributed by atoms with Crippen LogP contribution in [-0.2, 0) is 78.3 Å². The fourth-order valence-electron chi connectivity index (χ4n) is 10.3. The predicted molar refractivity (Wildman–Crippen MR) is 323 cm³/mol. The highest BCUT2D eigenvalue weighted by Gasteiger charge is 2.45. The van der Waals surface area contributed by atoms with Gasteiger partial charge in [0.05, 0.1) is 61.1 Å². The number of nitrogens with zero attached hydrogens (tertiary/aromatic N) is 3. The van der Waals surface area contributed by atoms with Crippen molar-refractivity contribution in [3.63, 3.8) is 0 Å². The first-order valence-electron chi connectivity index (χ1n) is 28.9. The zero-order valence-corrected chi connectivity index (χ0v) is 51.8. The van der Waals surface area contributed by atoms with Crippen LogP contribution in [0.1, 0.15) is 110 Å². The summed E-state index contributed by atoms with van der Waals surface area (Å²) in [4.78, 5) is 102. The Labute approximate surface area is 503 Å². The maximum atomic E-state index is 13.3. The summed E-state index contributed by atoms with van der Waals surface area (Å²) in [5, 5.41) is 7.12. The number of allylic oxidation sites excluding steroid dienone is 6. The van der Waals surface area contributed by atoms with Crippen molar-refractivity contribution in [1.82, 2.24) is 20.9 Å². The number of Topliss-reactive ketones (excluding diaryl/α,β-unsaturated/α-hetero) is 2. The average molecular weight is 1220 g/mol. The summed E-state index contributed by atoms with van der Waals surface area (Å²) in [5.41, 5.74) is 12.3. The minimum absolute atomic E-state index is 0.00134. The Morgan fingerprint density at radius 3 is 2.20 bits per heavy atom. The Morgan fingerprint density at radius 2 is 1.49 bits per heavy atom. The van der Waals surface area contributed by atoms with Crippen LogP contribution in [0.15, 0.2) is 77.4 Å². The molecule has 1 fully saturated rings. The maximum Gasteiger partial charge on any atom is 0.294 e. The van der Waals surface area contributed by atoms with E-state index in [0.29, 0.717) is 38.8 Å². The van der Waals surface area contributed by atoms with Gasteiger partial charge in [-0.3, -0.25) is 47.8 Å². The standard InChI is InChI=1S/C61H85N7O15S2/c1-8-66-50-22-20-42(2)34-48(50)60(4,5)53(66)17-11-9-12-18-54-61(6,7)49-36-47(85(77,78)79)21-23-51(49)67(54)26-14-10-13-19-55(72)63-24-27-68-57(74)37-52(59(68)76)84-41-44(58(62)75)35-46(71)39-82-32-31-81-29-25-64-56(73)40-83-33-30-80-28-15-16-45(70)38-65-43(3)69/h9,11-12,17-18,20-23,34,36,44,52H,8,10,13-16,19,24-33,35,37-41H2,1-7H3,(H5-,62,63,64,65,69,72,73,75,77,78,79)/p+1/t44-,52?/m1/s1. The van der Waals surface area contributed by atoms with E-state index in [-0.39, 0.29) is 143 Å². The number of nitrogens with two attached hydrogens (primary N) is 1. The summed E-state index contributed by atoms with van der Waals surface area (Å²) in [7, 11) is -4.44. The largest absolute Gasteiger partial charge is 0.379 e. The van der Waals surface area contributed by atoms with Crippen molar-refractivity contribution in [3.05, 3.63) is 89.2 Å². The molecule has 2 aromatic carbocycles. The van der Waals surface area contributed by atoms with E-state index < -0.39 is 44.4 Å². The van der Waals surface area contributed by atoms with Gasteiger partial charge in [0, 0.05) is 112 Å². The van der Waals surface area contributed by atoms with Crippen molar-refractivity contribution < 1.29 is 74.8 Å². The summed E-state index contributed by atoms with van der Waals surface area (Å²) in [6.07, 6.45) is 12.9. The Morgan fingerprint density at radius 1 is 0.788 bits per heavy atom. The number of aryl methyl sites for hydroxylation is 1. The van der Waals surface area contributed by atoms with Gasteiger partial charge >= 0.3 is 0 Å². The van der Waals surface area contributed by atoms with Gasteiger partial charge in [0.2, 0.25) is 41.1 Å². The first-order valence-corrected chi connectivity index (χ1v) is 31.4. The minimum atomic E-state index is -4.44. The number of thioether (sulfide) groups is 1. The SMILES string of the molecule is CCN1C(=CC=CC=CC2=[N+](CCCCCC(=O)NCCN3C(=O)CC(SC[C@@H](CC(=O)COCCOCCNC(=O)COCCOCCCC(=O)CNC(C)=O)C(N)=O)C3=O)c3ccc(S(=O)(=O)O)cc3C2(C)C)C(C)(C)c2cc(C)ccc21. The zero-order chi connectivity index (χ0) is 62.3. The van der Waals surface area contributed by atoms with Gasteiger partial charge in [-0.2, -0.15) is 13.0 Å². The second-order valence-corrected chi connectivity index (χ2v) is 24.8. The van der Waals surface area contributed by atoms with E-state index in [1.165, 1.54) is 41.6 Å². The van der Waals surface area contributed by atoms with Gasteiger partial charge in [-0.1, -0.05) is 49.8 Å². The van der Waals surface area contributed by atoms with Crippen molar-refractivity contribution in [3.8, 4) is 0 Å². The van der Waals surface area contributed by atoms with E-state index in [9.17, 15) is 51.3 Å². The fourth-order valence-corrected chi connectivity index (χ4v) is 12.1. The van der Waals surface area contributed by atoms with Crippen LogP contribution in [0.3, 0.4) is 0 Å². The number of ketones is 2. The molecule has 0 spiro atoms. The molecule has 3 heterocycles. The van der Waals surface area contributed by atoms with E-state index in [0.717, 1.165) is 40.2 Å². The molecule has 6 amide bonds. The van der Waals surface area contributed by atoms with Gasteiger partial charge in [0.15, 0.2) is 17.3 Å². The van der Waals surface area contributed by atoms with E-state index in [4.69, 9.17) is 24.7 Å². The second-order valence-electron chi connectivity index (χ2n) is 22.1. The number of imide groups is 1. The summed E-state index contributed by atoms with van der Waals surface area (Å²) < 4.78 is 58.0. The number of fused-ring (bicyclic) bond motifs is 2. The normalized spacial score (nSPS) is 17.1. The second kappa shape index (κ2) is 33.5. The molecule has 24 heteroatoms. The number of likely N-dealkylation sites (tertiary alicyclic amines) is 1. The number of likely N-dealkylation sites (N-methyl/N-ethyl adjacent to an activating group) is 1. The number of primary amides is 1. The minimum Gasteiger partial charge on any atom is -0.379 e. The number of nitrogens with one attached hydrogen (secondary N) is 3. The number of carbonyl (C=O) groups is 8. The summed E-state index contributed by atoms with van der Waals surface area (Å²) in [6, 6.07) is 11.2. The third-order valence-electron chi connectivity index (χ3n) is 14.9. The maximum absolute atomic E-state index is 13.3. The number of rotatable bonds is 39. The lowest BCUT2D eigenvalue weighted by Crippen LogP contribution is -2.39. The molecule has 1 saturated heterocycles. The molecule has 0 aromatic heterocycles. The smallest absolute Gasteiger partial charge is 0.294 e. The Hall–Kier alpha value is -6.41. The van der Waals surface area contributed by atoms with E-state index in [1.54, 1.807) is 6.07 Å². The molecule has 3 aliphatic heterocycles. The third-order valence-corrected chi connectivity index (χ3v) is 17.1. The highest BCUT2D eigenvalue weighted by Crippen LogP contribution is 2.48. The fraction of sp³-hybridized carbons (Fsp3) is 0.557. The van der Waals surface area contributed by atoms with Crippen molar-refractivity contribution in [2.75, 3.05) is 103 Å². The molecule has 2 aromatic rings. The van der Waals surface area contributed by atoms with Gasteiger partial charge in [-0.25, -0.2) is 0 Å². The highest BCUT2D eigenvalue weighted by molar-refractivity contribution is 8.00. The van der Waals surface area contributed by atoms with Gasteiger partial charge in [0.1, 0.15) is 19.8 Å². The highest BCUT2D eigenvalue weighted by atomic mass is 32.2. The monoisotopic (exact) mass is 1220 g/mol. The molecule has 0 radical (unpaired) electrons. The van der Waals surface area contributed by atoms with Gasteiger partial charge < -0.3 is 45.5 Å². The summed E-state index contributed by atoms with van der Waals surface area (Å²) >= 11 is 1.08. The molecule has 3 aliphatic rings. The summed E-state index contributed by atoms with van der Waals surface area (Å²) in [6.45, 7) is 16.5. The number of benzene rings is 2. The van der Waals surface area contributed by atoms with Gasteiger partial charge in [-0.15, -0.1) is 11.8 Å². The number of anilines is 1. The first kappa shape index (κ1) is 69.4. The molecule has 5 rings (SSSR count). The first-order chi connectivity index (χ1) is 40.4. The number of hydrogen-bond acceptors (Lipinski definition) is 16. The predicted octanol–water partition coefficient (Wildman–Crippen LogP) is 4.70. The molecular weight excluding hydrogens is 1130 g/mol. The van der Waals surface area contributed by atoms with Crippen molar-refractivity contribution in [2.24, 2.45) is 11.7 Å². The molecule has 0 aliphatic carbocycles. The Balaban J connectivity index is 0.966. The molecule has 85 heavy (non-hydrogen) atoms. The molecule has 0 bridgehead atoms. The number of hydrogen-bond donors (Lipinski definition) is 5. The number of carbonyl (C=O) groups excluding carboxylic acids is 8. The average Bonchev–Trinajstić information content (AvgIpc) is 1.70. The van der Waals surface area contributed by atoms with Crippen LogP contribution < -0.4 is 26.6 Å². The molecule has 466 valence electrons. The topological polar surface area (TPSA) is 299 Å². The lowest BCUT2D eigenvalue weighted by molar-refractivity contribution is -0.438. The Bertz CT molecular complexity index is 2970. The van der Waals surface area contributed by atoms with Gasteiger partial charge in [-0.05, 0) is 76.8 Å². The van der Waals surface area contributed by atoms with Crippen molar-refractivity contribution >= 4 is 86.0 Å². The quantitative estimate of drug-likeness (QED) is 0.0199. The lowest BCUT2D eigenvalue weighted by Gasteiger charge is -2.25. The summed E-state index contributed by atoms with van der Waals surface area (Å²) in [5.74, 6) is -3.77. The van der Waals surface area contributed by atoms with Crippen molar-refractivity contribution in [2.45, 2.75) is 121 Å². The molecule has 6 N–H and O–H groups in total. The Kier molecular flexibility index (Phi) is 27.3. The van der Waals surface area contributed by atoms with E-state index >= 15 is 0 Å². The van der Waals surface area contributed by atoms with Gasteiger partial charge in [0.25, 0.3) is 10.1 Å². The molecular formula is C61H86N7O15S2+. The molecule has 1 unspecified atom stereocenters. The molecule has 0 saturated carbocycles. The van der Waals surface area contributed by atoms with E-state index in [1.807, 2.05) is 38.2 Å². The number of amides is 6. The van der Waals surface area contributed by atoms with Crippen LogP contribution >= 0.6 is 11.8 Å². The van der Waals surface area contributed by atoms with Crippen LogP contribution in [-0.4, -0.2) is 178 Å². The van der Waals surface area contributed by atoms with Crippen LogP contribution in [0.4, 0.5) is 11.4 Å².